The van der Waals surface area contributed by atoms with Gasteiger partial charge in [0, 0.05) is 24.8 Å². The van der Waals surface area contributed by atoms with Crippen LogP contribution in [0.25, 0.3) is 6.08 Å². The first kappa shape index (κ1) is 19.0. The highest BCUT2D eigenvalue weighted by molar-refractivity contribution is 7.80. The number of nitrogens with zero attached hydrogens (tertiary/aromatic N) is 2. The summed E-state index contributed by atoms with van der Waals surface area (Å²) in [4.78, 5) is 29.3. The summed E-state index contributed by atoms with van der Waals surface area (Å²) < 4.78 is 0. The Hall–Kier alpha value is -2.99. The number of rotatable bonds is 4. The van der Waals surface area contributed by atoms with Gasteiger partial charge in [-0.1, -0.05) is 36.4 Å². The van der Waals surface area contributed by atoms with Crippen molar-refractivity contribution in [2.24, 2.45) is 0 Å². The molecule has 0 unspecified atom stereocenters. The third-order valence-corrected chi connectivity index (χ3v) is 6.19. The third-order valence-electron chi connectivity index (χ3n) is 5.89. The summed E-state index contributed by atoms with van der Waals surface area (Å²) in [6.07, 6.45) is 5.65. The molecule has 5 nitrogen and oxygen atoms in total. The van der Waals surface area contributed by atoms with Gasteiger partial charge in [0.15, 0.2) is 5.11 Å². The second kappa shape index (κ2) is 7.69. The number of carbonyl (C=O) groups excluding carboxylic acids is 2. The zero-order valence-corrected chi connectivity index (χ0v) is 17.5. The minimum Gasteiger partial charge on any atom is -0.367 e. The van der Waals surface area contributed by atoms with E-state index in [2.05, 4.69) is 46.6 Å². The molecular formula is C24H23N3O2S. The van der Waals surface area contributed by atoms with Gasteiger partial charge in [-0.3, -0.25) is 19.8 Å². The number of thiocarbonyl (C=S) groups is 1. The van der Waals surface area contributed by atoms with Crippen LogP contribution in [0, 0.1) is 0 Å². The molecule has 3 aliphatic rings. The van der Waals surface area contributed by atoms with Crippen LogP contribution in [0.5, 0.6) is 0 Å². The topological polar surface area (TPSA) is 52.7 Å². The van der Waals surface area contributed by atoms with Crippen molar-refractivity contribution in [1.29, 1.82) is 0 Å². The molecule has 0 atom stereocenters. The average Bonchev–Trinajstić information content (AvgIpc) is 3.57. The highest BCUT2D eigenvalue weighted by Gasteiger charge is 2.42. The number of fused-ring (bicyclic) bond motifs is 1. The first-order chi connectivity index (χ1) is 14.6. The maximum atomic E-state index is 12.9. The molecule has 2 heterocycles. The monoisotopic (exact) mass is 417 g/mol. The highest BCUT2D eigenvalue weighted by atomic mass is 32.1. The maximum absolute atomic E-state index is 12.9. The Morgan fingerprint density at radius 1 is 1.10 bits per heavy atom. The molecule has 1 saturated carbocycles. The van der Waals surface area contributed by atoms with E-state index in [0.29, 0.717) is 0 Å². The molecule has 0 aromatic heterocycles. The van der Waals surface area contributed by atoms with Gasteiger partial charge in [0.1, 0.15) is 5.57 Å². The summed E-state index contributed by atoms with van der Waals surface area (Å²) in [6.45, 7) is 1.90. The normalized spacial score (nSPS) is 20.4. The van der Waals surface area contributed by atoms with Gasteiger partial charge in [0.25, 0.3) is 11.8 Å². The van der Waals surface area contributed by atoms with Crippen LogP contribution in [0.2, 0.25) is 0 Å². The smallest absolute Gasteiger partial charge is 0.265 e. The fourth-order valence-corrected chi connectivity index (χ4v) is 4.58. The van der Waals surface area contributed by atoms with Gasteiger partial charge >= 0.3 is 0 Å². The predicted molar refractivity (Wildman–Crippen MR) is 121 cm³/mol. The van der Waals surface area contributed by atoms with Crippen molar-refractivity contribution >= 4 is 40.9 Å². The summed E-state index contributed by atoms with van der Waals surface area (Å²) in [6, 6.07) is 16.8. The molecule has 2 aliphatic heterocycles. The Labute approximate surface area is 181 Å². The first-order valence-corrected chi connectivity index (χ1v) is 10.8. The van der Waals surface area contributed by atoms with Crippen molar-refractivity contribution in [3.63, 3.8) is 0 Å². The lowest BCUT2D eigenvalue weighted by atomic mass is 9.97. The lowest BCUT2D eigenvalue weighted by Crippen LogP contribution is -2.54. The molecule has 5 rings (SSSR count). The predicted octanol–water partition coefficient (Wildman–Crippen LogP) is 3.43. The number of amides is 2. The molecule has 152 valence electrons. The molecule has 1 N–H and O–H groups in total. The number of hydrogen-bond donors (Lipinski definition) is 1. The van der Waals surface area contributed by atoms with Gasteiger partial charge in [-0.05, 0) is 72.8 Å². The molecule has 1 saturated heterocycles. The molecule has 6 heteroatoms. The zero-order valence-electron chi connectivity index (χ0n) is 16.6. The average molecular weight is 418 g/mol. The van der Waals surface area contributed by atoms with E-state index >= 15 is 0 Å². The number of anilines is 1. The molecule has 1 aliphatic carbocycles. The second-order valence-electron chi connectivity index (χ2n) is 8.12. The van der Waals surface area contributed by atoms with E-state index in [-0.39, 0.29) is 22.6 Å². The first-order valence-electron chi connectivity index (χ1n) is 10.4. The van der Waals surface area contributed by atoms with Crippen LogP contribution >= 0.6 is 12.2 Å². The van der Waals surface area contributed by atoms with Crippen molar-refractivity contribution in [2.45, 2.75) is 38.3 Å². The van der Waals surface area contributed by atoms with Crippen molar-refractivity contribution in [1.82, 2.24) is 10.2 Å². The number of aryl methyl sites for hydroxylation is 1. The van der Waals surface area contributed by atoms with E-state index in [1.54, 1.807) is 11.0 Å². The standard InChI is InChI=1S/C24H23N3O2S/c28-22-20(23(29)27(19-9-10-19)24(30)25-22)14-17-8-11-21-18(13-17)7-4-12-26(21)15-16-5-2-1-3-6-16/h1-3,5-6,8,11,13-14,19H,4,7,9-10,12,15H2,(H,25,28,30)/b20-14-. The van der Waals surface area contributed by atoms with E-state index in [1.807, 2.05) is 12.1 Å². The molecule has 30 heavy (non-hydrogen) atoms. The van der Waals surface area contributed by atoms with Crippen molar-refractivity contribution in [3.8, 4) is 0 Å². The Balaban J connectivity index is 1.42. The fourth-order valence-electron chi connectivity index (χ4n) is 4.25. The number of hydrogen-bond acceptors (Lipinski definition) is 4. The molecule has 0 bridgehead atoms. The van der Waals surface area contributed by atoms with Crippen molar-refractivity contribution in [2.75, 3.05) is 11.4 Å². The summed E-state index contributed by atoms with van der Waals surface area (Å²) in [5, 5.41) is 2.90. The Morgan fingerprint density at radius 2 is 1.90 bits per heavy atom. The van der Waals surface area contributed by atoms with Crippen LogP contribution in [-0.4, -0.2) is 34.4 Å². The van der Waals surface area contributed by atoms with Crippen molar-refractivity contribution < 1.29 is 9.59 Å². The van der Waals surface area contributed by atoms with Crippen molar-refractivity contribution in [3.05, 3.63) is 70.8 Å². The van der Waals surface area contributed by atoms with E-state index < -0.39 is 5.91 Å². The molecule has 2 aromatic carbocycles. The molecular weight excluding hydrogens is 394 g/mol. The summed E-state index contributed by atoms with van der Waals surface area (Å²) >= 11 is 5.20. The molecule has 0 spiro atoms. The van der Waals surface area contributed by atoms with E-state index in [4.69, 9.17) is 12.2 Å². The van der Waals surface area contributed by atoms with Gasteiger partial charge in [-0.25, -0.2) is 0 Å². The molecule has 0 radical (unpaired) electrons. The largest absolute Gasteiger partial charge is 0.367 e. The minimum absolute atomic E-state index is 0.129. The van der Waals surface area contributed by atoms with E-state index in [1.165, 1.54) is 16.8 Å². The number of carbonyl (C=O) groups is 2. The van der Waals surface area contributed by atoms with Gasteiger partial charge in [0.2, 0.25) is 0 Å². The van der Waals surface area contributed by atoms with Crippen LogP contribution in [0.3, 0.4) is 0 Å². The molecule has 2 aromatic rings. The quantitative estimate of drug-likeness (QED) is 0.471. The van der Waals surface area contributed by atoms with Gasteiger partial charge in [0.05, 0.1) is 0 Å². The number of nitrogens with one attached hydrogen (secondary N) is 1. The Bertz CT molecular complexity index is 1060. The zero-order chi connectivity index (χ0) is 20.7. The van der Waals surface area contributed by atoms with Crippen LogP contribution in [0.15, 0.2) is 54.1 Å². The summed E-state index contributed by atoms with van der Waals surface area (Å²) in [7, 11) is 0. The lowest BCUT2D eigenvalue weighted by Gasteiger charge is -2.32. The highest BCUT2D eigenvalue weighted by Crippen LogP contribution is 2.32. The summed E-state index contributed by atoms with van der Waals surface area (Å²) in [5.74, 6) is -0.694. The SMILES string of the molecule is O=C1NC(=S)N(C2CC2)C(=O)/C1=C\c1ccc2c(c1)CCCN2Cc1ccccc1. The van der Waals surface area contributed by atoms with Crippen LogP contribution in [0.4, 0.5) is 5.69 Å². The van der Waals surface area contributed by atoms with Gasteiger partial charge in [-0.2, -0.15) is 0 Å². The van der Waals surface area contributed by atoms with Crippen LogP contribution in [-0.2, 0) is 22.6 Å². The van der Waals surface area contributed by atoms with E-state index in [0.717, 1.165) is 44.3 Å². The van der Waals surface area contributed by atoms with Gasteiger partial charge in [-0.15, -0.1) is 0 Å². The van der Waals surface area contributed by atoms with Crippen LogP contribution < -0.4 is 10.2 Å². The Morgan fingerprint density at radius 3 is 2.67 bits per heavy atom. The molecule has 2 fully saturated rings. The number of benzene rings is 2. The Kier molecular flexibility index (Phi) is 4.87. The van der Waals surface area contributed by atoms with Gasteiger partial charge < -0.3 is 4.90 Å². The molecule has 2 amide bonds. The third kappa shape index (κ3) is 3.63. The van der Waals surface area contributed by atoms with E-state index in [9.17, 15) is 9.59 Å². The summed E-state index contributed by atoms with van der Waals surface area (Å²) in [5.41, 5.74) is 4.80. The second-order valence-corrected chi connectivity index (χ2v) is 8.51. The lowest BCUT2D eigenvalue weighted by molar-refractivity contribution is -0.129. The fraction of sp³-hybridized carbons (Fsp3) is 0.292. The minimum atomic E-state index is -0.412. The van der Waals surface area contributed by atoms with Crippen LogP contribution in [0.1, 0.15) is 36.0 Å². The maximum Gasteiger partial charge on any atom is 0.265 e.